The molecular weight excluding hydrogens is 244 g/mol. The van der Waals surface area contributed by atoms with E-state index >= 15 is 0 Å². The molecule has 110 valence electrons. The third-order valence-electron chi connectivity index (χ3n) is 4.13. The second-order valence-corrected chi connectivity index (χ2v) is 5.74. The highest BCUT2D eigenvalue weighted by molar-refractivity contribution is 5.78. The molecule has 0 bridgehead atoms. The Morgan fingerprint density at radius 2 is 1.79 bits per heavy atom. The van der Waals surface area contributed by atoms with Crippen LogP contribution >= 0.6 is 0 Å². The maximum Gasteiger partial charge on any atom is 0.236 e. The lowest BCUT2D eigenvalue weighted by Gasteiger charge is -2.29. The van der Waals surface area contributed by atoms with Crippen molar-refractivity contribution in [1.82, 2.24) is 10.2 Å². The zero-order valence-corrected chi connectivity index (χ0v) is 11.7. The Balaban J connectivity index is 1.68. The smallest absolute Gasteiger partial charge is 0.236 e. The van der Waals surface area contributed by atoms with Gasteiger partial charge in [-0.25, -0.2) is 0 Å². The van der Waals surface area contributed by atoms with Crippen LogP contribution in [0.15, 0.2) is 0 Å². The number of aliphatic hydroxyl groups is 1. The molecule has 0 aromatic heterocycles. The molecule has 5 nitrogen and oxygen atoms in total. The number of hydrogen-bond acceptors (Lipinski definition) is 4. The molecule has 1 aliphatic heterocycles. The number of ether oxygens (including phenoxy) is 1. The Bertz CT molecular complexity index is 282. The summed E-state index contributed by atoms with van der Waals surface area (Å²) in [6.45, 7) is 3.49. The number of carbonyl (C=O) groups excluding carboxylic acids is 1. The van der Waals surface area contributed by atoms with E-state index in [0.29, 0.717) is 39.4 Å². The van der Waals surface area contributed by atoms with E-state index in [1.54, 1.807) is 0 Å². The van der Waals surface area contributed by atoms with Crippen LogP contribution in [-0.2, 0) is 9.53 Å². The van der Waals surface area contributed by atoms with E-state index in [0.717, 1.165) is 25.7 Å². The Kier molecular flexibility index (Phi) is 5.60. The van der Waals surface area contributed by atoms with Crippen molar-refractivity contribution < 1.29 is 14.6 Å². The highest BCUT2D eigenvalue weighted by Crippen LogP contribution is 2.26. The number of rotatable bonds is 4. The summed E-state index contributed by atoms with van der Waals surface area (Å²) in [6.07, 6.45) is 6.33. The summed E-state index contributed by atoms with van der Waals surface area (Å²) in [5, 5.41) is 13.6. The molecule has 1 saturated heterocycles. The number of hydrogen-bond donors (Lipinski definition) is 2. The minimum Gasteiger partial charge on any atom is -0.389 e. The molecule has 0 unspecified atom stereocenters. The van der Waals surface area contributed by atoms with Crippen molar-refractivity contribution >= 4 is 5.91 Å². The fraction of sp³-hybridized carbons (Fsp3) is 0.929. The van der Waals surface area contributed by atoms with Crippen molar-refractivity contribution in [3.05, 3.63) is 0 Å². The largest absolute Gasteiger partial charge is 0.389 e. The van der Waals surface area contributed by atoms with Crippen LogP contribution in [0.4, 0.5) is 0 Å². The van der Waals surface area contributed by atoms with Crippen LogP contribution in [0, 0.1) is 0 Å². The molecule has 0 radical (unpaired) electrons. The standard InChI is InChI=1S/C14H26N2O3/c17-13(16-7-9-19-10-8-16)11-15-12-14(18)5-3-1-2-4-6-14/h15,18H,1-12H2. The minimum absolute atomic E-state index is 0.112. The average molecular weight is 270 g/mol. The number of carbonyl (C=O) groups is 1. The predicted octanol–water partition coefficient (Wildman–Crippen LogP) is 0.520. The van der Waals surface area contributed by atoms with Gasteiger partial charge in [-0.2, -0.15) is 0 Å². The lowest BCUT2D eigenvalue weighted by molar-refractivity contribution is -0.134. The lowest BCUT2D eigenvalue weighted by atomic mass is 9.94. The third-order valence-corrected chi connectivity index (χ3v) is 4.13. The highest BCUT2D eigenvalue weighted by Gasteiger charge is 2.28. The molecular formula is C14H26N2O3. The van der Waals surface area contributed by atoms with Gasteiger partial charge in [-0.3, -0.25) is 4.79 Å². The maximum absolute atomic E-state index is 11.9. The number of nitrogens with zero attached hydrogens (tertiary/aromatic N) is 1. The molecule has 2 rings (SSSR count). The van der Waals surface area contributed by atoms with Crippen LogP contribution in [0.25, 0.3) is 0 Å². The molecule has 2 aliphatic rings. The maximum atomic E-state index is 11.9. The van der Waals surface area contributed by atoms with Gasteiger partial charge in [0.05, 0.1) is 25.4 Å². The van der Waals surface area contributed by atoms with Crippen molar-refractivity contribution in [2.45, 2.75) is 44.1 Å². The van der Waals surface area contributed by atoms with Crippen molar-refractivity contribution in [3.8, 4) is 0 Å². The van der Waals surface area contributed by atoms with Crippen LogP contribution in [0.2, 0.25) is 0 Å². The molecule has 0 atom stereocenters. The van der Waals surface area contributed by atoms with Gasteiger partial charge in [-0.15, -0.1) is 0 Å². The summed E-state index contributed by atoms with van der Waals surface area (Å²) in [5.74, 6) is 0.112. The van der Waals surface area contributed by atoms with Gasteiger partial charge in [-0.05, 0) is 12.8 Å². The van der Waals surface area contributed by atoms with Gasteiger partial charge in [0.2, 0.25) is 5.91 Å². The second-order valence-electron chi connectivity index (χ2n) is 5.74. The van der Waals surface area contributed by atoms with Crippen molar-refractivity contribution in [1.29, 1.82) is 0 Å². The van der Waals surface area contributed by atoms with Crippen LogP contribution < -0.4 is 5.32 Å². The van der Waals surface area contributed by atoms with Crippen LogP contribution in [0.3, 0.4) is 0 Å². The van der Waals surface area contributed by atoms with Crippen LogP contribution in [-0.4, -0.2) is 60.9 Å². The minimum atomic E-state index is -0.609. The normalized spacial score (nSPS) is 23.9. The molecule has 0 spiro atoms. The zero-order valence-electron chi connectivity index (χ0n) is 11.7. The molecule has 1 amide bonds. The first kappa shape index (κ1) is 14.8. The highest BCUT2D eigenvalue weighted by atomic mass is 16.5. The summed E-state index contributed by atoms with van der Waals surface area (Å²) in [6, 6.07) is 0. The van der Waals surface area contributed by atoms with E-state index in [2.05, 4.69) is 5.32 Å². The second kappa shape index (κ2) is 7.22. The summed E-state index contributed by atoms with van der Waals surface area (Å²) in [4.78, 5) is 13.8. The van der Waals surface area contributed by atoms with Gasteiger partial charge < -0.3 is 20.1 Å². The van der Waals surface area contributed by atoms with Crippen molar-refractivity contribution in [2.24, 2.45) is 0 Å². The SMILES string of the molecule is O=C(CNCC1(O)CCCCCC1)N1CCOCC1. The fourth-order valence-corrected chi connectivity index (χ4v) is 2.89. The summed E-state index contributed by atoms with van der Waals surface area (Å²) >= 11 is 0. The van der Waals surface area contributed by atoms with E-state index in [1.807, 2.05) is 4.90 Å². The molecule has 0 aromatic carbocycles. The van der Waals surface area contributed by atoms with E-state index in [-0.39, 0.29) is 5.91 Å². The zero-order chi connectivity index (χ0) is 13.6. The predicted molar refractivity (Wildman–Crippen MR) is 72.9 cm³/mol. The monoisotopic (exact) mass is 270 g/mol. The molecule has 5 heteroatoms. The molecule has 1 saturated carbocycles. The number of nitrogens with one attached hydrogen (secondary N) is 1. The summed E-state index contributed by atoms with van der Waals surface area (Å²) in [7, 11) is 0. The number of morpholine rings is 1. The molecule has 2 fully saturated rings. The van der Waals surface area contributed by atoms with Crippen LogP contribution in [0.1, 0.15) is 38.5 Å². The molecule has 2 N–H and O–H groups in total. The fourth-order valence-electron chi connectivity index (χ4n) is 2.89. The first-order valence-corrected chi connectivity index (χ1v) is 7.48. The lowest BCUT2D eigenvalue weighted by Crippen LogP contribution is -2.47. The van der Waals surface area contributed by atoms with E-state index in [4.69, 9.17) is 4.74 Å². The first-order chi connectivity index (χ1) is 9.20. The number of amides is 1. The Morgan fingerprint density at radius 1 is 1.16 bits per heavy atom. The Morgan fingerprint density at radius 3 is 2.42 bits per heavy atom. The van der Waals surface area contributed by atoms with Gasteiger partial charge in [0.25, 0.3) is 0 Å². The van der Waals surface area contributed by atoms with E-state index in [9.17, 15) is 9.90 Å². The summed E-state index contributed by atoms with van der Waals surface area (Å²) < 4.78 is 5.23. The Labute approximate surface area is 115 Å². The average Bonchev–Trinajstić information content (AvgIpc) is 2.65. The Hall–Kier alpha value is -0.650. The molecule has 0 aromatic rings. The van der Waals surface area contributed by atoms with Gasteiger partial charge in [0.15, 0.2) is 0 Å². The van der Waals surface area contributed by atoms with Crippen molar-refractivity contribution in [3.63, 3.8) is 0 Å². The van der Waals surface area contributed by atoms with Gasteiger partial charge in [-0.1, -0.05) is 25.7 Å². The van der Waals surface area contributed by atoms with Crippen molar-refractivity contribution in [2.75, 3.05) is 39.4 Å². The van der Waals surface area contributed by atoms with Gasteiger partial charge in [0, 0.05) is 19.6 Å². The summed E-state index contributed by atoms with van der Waals surface area (Å²) in [5.41, 5.74) is -0.609. The van der Waals surface area contributed by atoms with E-state index < -0.39 is 5.60 Å². The quantitative estimate of drug-likeness (QED) is 0.731. The molecule has 19 heavy (non-hydrogen) atoms. The first-order valence-electron chi connectivity index (χ1n) is 7.48. The third kappa shape index (κ3) is 4.75. The molecule has 1 aliphatic carbocycles. The topological polar surface area (TPSA) is 61.8 Å². The van der Waals surface area contributed by atoms with Gasteiger partial charge in [0.1, 0.15) is 0 Å². The van der Waals surface area contributed by atoms with Crippen LogP contribution in [0.5, 0.6) is 0 Å². The van der Waals surface area contributed by atoms with E-state index in [1.165, 1.54) is 12.8 Å². The van der Waals surface area contributed by atoms with Gasteiger partial charge >= 0.3 is 0 Å². The molecule has 1 heterocycles.